The minimum Gasteiger partial charge on any atom is -0.381 e. The number of nitrogens with two attached hydrogens (primary N) is 1. The van der Waals surface area contributed by atoms with Crippen molar-refractivity contribution in [2.24, 2.45) is 11.1 Å². The normalized spacial score (nSPS) is 13.7. The van der Waals surface area contributed by atoms with Crippen molar-refractivity contribution in [3.8, 4) is 0 Å². The van der Waals surface area contributed by atoms with Gasteiger partial charge in [0.05, 0.1) is 12.4 Å². The smallest absolute Gasteiger partial charge is 0.209 e. The maximum Gasteiger partial charge on any atom is 0.209 e. The van der Waals surface area contributed by atoms with Crippen LogP contribution in [-0.2, 0) is 14.8 Å². The molecular weight excluding hydrogens is 250 g/mol. The third-order valence-electron chi connectivity index (χ3n) is 3.04. The van der Waals surface area contributed by atoms with Gasteiger partial charge in [-0.05, 0) is 12.3 Å². The monoisotopic (exact) mass is 279 g/mol. The summed E-state index contributed by atoms with van der Waals surface area (Å²) >= 11 is 0. The zero-order chi connectivity index (χ0) is 13.9. The van der Waals surface area contributed by atoms with E-state index < -0.39 is 10.0 Å². The SMILES string of the molecule is CCCCCCCCOCC(CC)CS(N)(=O)=O. The summed E-state index contributed by atoms with van der Waals surface area (Å²) in [7, 11) is -3.37. The van der Waals surface area contributed by atoms with Crippen molar-refractivity contribution in [3.05, 3.63) is 0 Å². The zero-order valence-electron chi connectivity index (χ0n) is 11.9. The summed E-state index contributed by atoms with van der Waals surface area (Å²) in [6.45, 7) is 5.40. The van der Waals surface area contributed by atoms with Crippen LogP contribution in [-0.4, -0.2) is 27.4 Å². The molecule has 1 unspecified atom stereocenters. The third-order valence-corrected chi connectivity index (χ3v) is 3.98. The van der Waals surface area contributed by atoms with Crippen molar-refractivity contribution in [1.29, 1.82) is 0 Å². The fourth-order valence-electron chi connectivity index (χ4n) is 1.85. The fraction of sp³-hybridized carbons (Fsp3) is 1.00. The van der Waals surface area contributed by atoms with Crippen LogP contribution >= 0.6 is 0 Å². The number of hydrogen-bond donors (Lipinski definition) is 1. The van der Waals surface area contributed by atoms with Crippen LogP contribution in [0.1, 0.15) is 58.8 Å². The number of rotatable bonds is 12. The van der Waals surface area contributed by atoms with E-state index in [1.807, 2.05) is 6.92 Å². The minimum absolute atomic E-state index is 0.0278. The molecular formula is C13H29NO3S. The molecule has 110 valence electrons. The highest BCUT2D eigenvalue weighted by molar-refractivity contribution is 7.89. The predicted octanol–water partition coefficient (Wildman–Crippen LogP) is 2.68. The van der Waals surface area contributed by atoms with Crippen LogP contribution in [0.15, 0.2) is 0 Å². The van der Waals surface area contributed by atoms with Crippen molar-refractivity contribution < 1.29 is 13.2 Å². The molecule has 0 bridgehead atoms. The largest absolute Gasteiger partial charge is 0.381 e. The van der Waals surface area contributed by atoms with Crippen molar-refractivity contribution in [2.75, 3.05) is 19.0 Å². The summed E-state index contributed by atoms with van der Waals surface area (Å²) in [5.74, 6) is 0.0556. The molecule has 0 amide bonds. The lowest BCUT2D eigenvalue weighted by Crippen LogP contribution is -2.25. The Hall–Kier alpha value is -0.130. The molecule has 0 aromatic heterocycles. The Morgan fingerprint density at radius 1 is 1.06 bits per heavy atom. The quantitative estimate of drug-likeness (QED) is 0.558. The fourth-order valence-corrected chi connectivity index (χ4v) is 2.84. The van der Waals surface area contributed by atoms with Gasteiger partial charge in [-0.1, -0.05) is 52.4 Å². The molecule has 0 aromatic rings. The first-order chi connectivity index (χ1) is 8.49. The third kappa shape index (κ3) is 12.3. The van der Waals surface area contributed by atoms with E-state index in [0.29, 0.717) is 6.61 Å². The van der Waals surface area contributed by atoms with Crippen molar-refractivity contribution >= 4 is 10.0 Å². The Bertz CT molecular complexity index is 278. The van der Waals surface area contributed by atoms with E-state index in [-0.39, 0.29) is 11.7 Å². The second kappa shape index (κ2) is 10.8. The average molecular weight is 279 g/mol. The predicted molar refractivity (Wildman–Crippen MR) is 76.0 cm³/mol. The summed E-state index contributed by atoms with van der Waals surface area (Å²) < 4.78 is 27.4. The molecule has 0 rings (SSSR count). The molecule has 0 aliphatic carbocycles. The minimum atomic E-state index is -3.37. The number of ether oxygens (including phenoxy) is 1. The van der Waals surface area contributed by atoms with Crippen molar-refractivity contribution in [2.45, 2.75) is 58.8 Å². The average Bonchev–Trinajstić information content (AvgIpc) is 2.29. The van der Waals surface area contributed by atoms with Gasteiger partial charge in [0, 0.05) is 6.61 Å². The van der Waals surface area contributed by atoms with E-state index in [0.717, 1.165) is 19.4 Å². The van der Waals surface area contributed by atoms with Gasteiger partial charge in [0.25, 0.3) is 0 Å². The summed E-state index contributed by atoms with van der Waals surface area (Å²) in [5, 5.41) is 5.03. The molecule has 0 heterocycles. The van der Waals surface area contributed by atoms with Crippen molar-refractivity contribution in [3.63, 3.8) is 0 Å². The first-order valence-electron chi connectivity index (χ1n) is 7.07. The van der Waals surface area contributed by atoms with Gasteiger partial charge in [0.2, 0.25) is 10.0 Å². The lowest BCUT2D eigenvalue weighted by molar-refractivity contribution is 0.101. The standard InChI is InChI=1S/C13H29NO3S/c1-3-5-6-7-8-9-10-17-11-13(4-2)12-18(14,15)16/h13H,3-12H2,1-2H3,(H2,14,15,16). The van der Waals surface area contributed by atoms with E-state index in [1.165, 1.54) is 32.1 Å². The van der Waals surface area contributed by atoms with Gasteiger partial charge < -0.3 is 4.74 Å². The maximum atomic E-state index is 11.0. The van der Waals surface area contributed by atoms with Gasteiger partial charge in [-0.15, -0.1) is 0 Å². The second-order valence-corrected chi connectivity index (χ2v) is 6.61. The van der Waals surface area contributed by atoms with Crippen molar-refractivity contribution in [1.82, 2.24) is 0 Å². The van der Waals surface area contributed by atoms with Crippen LogP contribution < -0.4 is 5.14 Å². The van der Waals surface area contributed by atoms with Crippen LogP contribution in [0.5, 0.6) is 0 Å². The summed E-state index contributed by atoms with van der Waals surface area (Å²) in [4.78, 5) is 0. The summed E-state index contributed by atoms with van der Waals surface area (Å²) in [6.07, 6.45) is 8.20. The van der Waals surface area contributed by atoms with Gasteiger partial charge in [-0.2, -0.15) is 0 Å². The van der Waals surface area contributed by atoms with E-state index in [9.17, 15) is 8.42 Å². The van der Waals surface area contributed by atoms with Gasteiger partial charge in [0.1, 0.15) is 0 Å². The molecule has 0 aliphatic heterocycles. The molecule has 18 heavy (non-hydrogen) atoms. The van der Waals surface area contributed by atoms with Crippen LogP contribution in [0.2, 0.25) is 0 Å². The van der Waals surface area contributed by atoms with E-state index >= 15 is 0 Å². The van der Waals surface area contributed by atoms with Gasteiger partial charge in [-0.3, -0.25) is 0 Å². The van der Waals surface area contributed by atoms with Gasteiger partial charge in [-0.25, -0.2) is 13.6 Å². The Balaban J connectivity index is 3.46. The highest BCUT2D eigenvalue weighted by Crippen LogP contribution is 2.08. The molecule has 0 aliphatic rings. The topological polar surface area (TPSA) is 69.4 Å². The Morgan fingerprint density at radius 2 is 1.67 bits per heavy atom. The van der Waals surface area contributed by atoms with E-state index in [4.69, 9.17) is 9.88 Å². The number of hydrogen-bond acceptors (Lipinski definition) is 3. The second-order valence-electron chi connectivity index (χ2n) is 4.95. The highest BCUT2D eigenvalue weighted by Gasteiger charge is 2.13. The molecule has 4 nitrogen and oxygen atoms in total. The number of sulfonamides is 1. The molecule has 0 spiro atoms. The number of primary sulfonamides is 1. The van der Waals surface area contributed by atoms with Crippen LogP contribution in [0.3, 0.4) is 0 Å². The van der Waals surface area contributed by atoms with Gasteiger partial charge >= 0.3 is 0 Å². The molecule has 5 heteroatoms. The molecule has 1 atom stereocenters. The lowest BCUT2D eigenvalue weighted by atomic mass is 10.1. The first-order valence-corrected chi connectivity index (χ1v) is 8.79. The molecule has 0 saturated carbocycles. The van der Waals surface area contributed by atoms with E-state index in [2.05, 4.69) is 6.92 Å². The van der Waals surface area contributed by atoms with E-state index in [1.54, 1.807) is 0 Å². The molecule has 0 saturated heterocycles. The number of unbranched alkanes of at least 4 members (excludes halogenated alkanes) is 5. The molecule has 0 radical (unpaired) electrons. The highest BCUT2D eigenvalue weighted by atomic mass is 32.2. The molecule has 2 N–H and O–H groups in total. The Labute approximate surface area is 112 Å². The Morgan fingerprint density at radius 3 is 2.22 bits per heavy atom. The molecule has 0 fully saturated rings. The lowest BCUT2D eigenvalue weighted by Gasteiger charge is -2.13. The van der Waals surface area contributed by atoms with Crippen LogP contribution in [0, 0.1) is 5.92 Å². The molecule has 0 aromatic carbocycles. The van der Waals surface area contributed by atoms with Gasteiger partial charge in [0.15, 0.2) is 0 Å². The zero-order valence-corrected chi connectivity index (χ0v) is 12.7. The first kappa shape index (κ1) is 17.9. The summed E-state index contributed by atoms with van der Waals surface area (Å²) in [6, 6.07) is 0. The van der Waals surface area contributed by atoms with Crippen LogP contribution in [0.4, 0.5) is 0 Å². The maximum absolute atomic E-state index is 11.0. The van der Waals surface area contributed by atoms with Crippen LogP contribution in [0.25, 0.3) is 0 Å². The Kier molecular flexibility index (Phi) is 10.7. The summed E-state index contributed by atoms with van der Waals surface area (Å²) in [5.41, 5.74) is 0.